The highest BCUT2D eigenvalue weighted by Gasteiger charge is 2.33. The number of fused-ring (bicyclic) bond motifs is 1. The van der Waals surface area contributed by atoms with E-state index >= 15 is 0 Å². The number of unbranched alkanes of at least 4 members (excludes halogenated alkanes) is 1. The Hall–Kier alpha value is -2.84. The molecule has 1 amide bonds. The van der Waals surface area contributed by atoms with Crippen molar-refractivity contribution in [3.8, 4) is 6.07 Å². The van der Waals surface area contributed by atoms with Gasteiger partial charge in [-0.25, -0.2) is 13.8 Å². The van der Waals surface area contributed by atoms with Crippen molar-refractivity contribution >= 4 is 37.4 Å². The van der Waals surface area contributed by atoms with E-state index in [1.807, 2.05) is 34.6 Å². The molecule has 39 heavy (non-hydrogen) atoms. The van der Waals surface area contributed by atoms with Crippen LogP contribution in [0.5, 0.6) is 0 Å². The molecule has 10 nitrogen and oxygen atoms in total. The summed E-state index contributed by atoms with van der Waals surface area (Å²) in [6, 6.07) is 2.48. The van der Waals surface area contributed by atoms with Crippen molar-refractivity contribution in [2.24, 2.45) is 5.41 Å². The number of halogens is 2. The average molecular weight is 574 g/mol. The van der Waals surface area contributed by atoms with Crippen molar-refractivity contribution in [1.82, 2.24) is 9.55 Å². The van der Waals surface area contributed by atoms with Gasteiger partial charge in [0.15, 0.2) is 11.6 Å². The van der Waals surface area contributed by atoms with Gasteiger partial charge in [0.05, 0.1) is 5.56 Å². The van der Waals surface area contributed by atoms with Gasteiger partial charge in [-0.2, -0.15) is 5.26 Å². The summed E-state index contributed by atoms with van der Waals surface area (Å²) in [5, 5.41) is 9.14. The quantitative estimate of drug-likeness (QED) is 0.168. The van der Waals surface area contributed by atoms with Gasteiger partial charge < -0.3 is 14.1 Å². The number of ether oxygens (including phenoxy) is 1. The standard InChI is InChI=1S/C20H26F2N4O2.C4H7O4P.C2H6/c1-19(2,3)9-14(27)25(11-28-7)18-24-16-13(21)8-12(10-23)15(22)17(16)26(18)20(4,5)6;5-3-1-2-4-8-9(6)7;1-2/h8H,9,11H2,1-7H3;3H,1-2,4H2;1-2H3/p+1. The molecule has 218 valence electrons. The predicted octanol–water partition coefficient (Wildman–Crippen LogP) is 5.97. The lowest BCUT2D eigenvalue weighted by molar-refractivity contribution is -0.121. The fourth-order valence-electron chi connectivity index (χ4n) is 3.29. The fraction of sp³-hybridized carbons (Fsp3) is 0.615. The van der Waals surface area contributed by atoms with Gasteiger partial charge in [-0.15, -0.1) is 9.42 Å². The number of hydrogen-bond donors (Lipinski definition) is 1. The van der Waals surface area contributed by atoms with Crippen molar-refractivity contribution < 1.29 is 37.1 Å². The number of rotatable bonds is 9. The molecule has 1 aromatic carbocycles. The summed E-state index contributed by atoms with van der Waals surface area (Å²) in [7, 11) is -1.06. The van der Waals surface area contributed by atoms with Crippen LogP contribution in [0.2, 0.25) is 0 Å². The summed E-state index contributed by atoms with van der Waals surface area (Å²) in [6.07, 6.45) is 1.82. The lowest BCUT2D eigenvalue weighted by Crippen LogP contribution is -2.39. The molecule has 0 aliphatic rings. The van der Waals surface area contributed by atoms with Crippen LogP contribution < -0.4 is 4.90 Å². The van der Waals surface area contributed by atoms with Gasteiger partial charge in [0.2, 0.25) is 11.9 Å². The number of methoxy groups -OCH3 is 1. The summed E-state index contributed by atoms with van der Waals surface area (Å²) < 4.78 is 50.2. The molecule has 0 radical (unpaired) electrons. The Morgan fingerprint density at radius 3 is 2.28 bits per heavy atom. The third kappa shape index (κ3) is 11.0. The molecule has 13 heteroatoms. The molecular formula is C26H40F2N4O6P+. The highest BCUT2D eigenvalue weighted by atomic mass is 31.1. The predicted molar refractivity (Wildman–Crippen MR) is 145 cm³/mol. The average Bonchev–Trinajstić information content (AvgIpc) is 3.25. The monoisotopic (exact) mass is 573 g/mol. The molecule has 1 atom stereocenters. The first-order valence-electron chi connectivity index (χ1n) is 12.4. The Kier molecular flexibility index (Phi) is 15.1. The van der Waals surface area contributed by atoms with Crippen molar-refractivity contribution in [3.05, 3.63) is 23.3 Å². The molecule has 1 aromatic heterocycles. The summed E-state index contributed by atoms with van der Waals surface area (Å²) in [6.45, 7) is 15.2. The second-order valence-corrected chi connectivity index (χ2v) is 11.0. The van der Waals surface area contributed by atoms with Crippen LogP contribution >= 0.6 is 8.25 Å². The molecule has 0 saturated heterocycles. The lowest BCUT2D eigenvalue weighted by atomic mass is 9.92. The number of amides is 1. The first-order valence-corrected chi connectivity index (χ1v) is 13.5. The van der Waals surface area contributed by atoms with E-state index in [1.165, 1.54) is 16.6 Å². The van der Waals surface area contributed by atoms with Crippen molar-refractivity contribution in [3.63, 3.8) is 0 Å². The van der Waals surface area contributed by atoms with Gasteiger partial charge in [0, 0.05) is 30.1 Å². The molecule has 1 N–H and O–H groups in total. The molecule has 2 aromatic rings. The van der Waals surface area contributed by atoms with Gasteiger partial charge in [-0.05, 0) is 38.7 Å². The van der Waals surface area contributed by atoms with E-state index in [1.54, 1.807) is 26.8 Å². The minimum atomic E-state index is -2.48. The van der Waals surface area contributed by atoms with E-state index < -0.39 is 31.0 Å². The van der Waals surface area contributed by atoms with Crippen LogP contribution in [0.1, 0.15) is 80.2 Å². The minimum absolute atomic E-state index is 0.0755. The van der Waals surface area contributed by atoms with E-state index in [0.29, 0.717) is 12.8 Å². The minimum Gasteiger partial charge on any atom is -0.364 e. The highest BCUT2D eigenvalue weighted by molar-refractivity contribution is 7.32. The van der Waals surface area contributed by atoms with Gasteiger partial charge in [0.25, 0.3) is 0 Å². The Balaban J connectivity index is 0.00000111. The molecule has 0 bridgehead atoms. The normalized spacial score (nSPS) is 11.5. The Bertz CT molecular complexity index is 1170. The maximum Gasteiger partial charge on any atom is 0.694 e. The zero-order valence-electron chi connectivity index (χ0n) is 24.2. The Morgan fingerprint density at radius 1 is 1.26 bits per heavy atom. The number of hydrogen-bond acceptors (Lipinski definition) is 7. The first-order chi connectivity index (χ1) is 18.1. The van der Waals surface area contributed by atoms with Crippen molar-refractivity contribution in [2.75, 3.05) is 25.3 Å². The van der Waals surface area contributed by atoms with Gasteiger partial charge in [-0.1, -0.05) is 34.6 Å². The SMILES string of the molecule is CC.COCN(C(=O)CC(C)(C)C)c1nc2c(F)cc(C#N)c(F)c2n1C(C)(C)C.O=CCCCO[P+](=O)O. The first kappa shape index (κ1) is 36.2. The summed E-state index contributed by atoms with van der Waals surface area (Å²) in [5.41, 5.74) is -1.85. The van der Waals surface area contributed by atoms with Crippen LogP contribution in [0, 0.1) is 28.4 Å². The summed E-state index contributed by atoms with van der Waals surface area (Å²) >= 11 is 0. The third-order valence-electron chi connectivity index (χ3n) is 4.74. The molecule has 0 aliphatic heterocycles. The van der Waals surface area contributed by atoms with E-state index in [2.05, 4.69) is 9.51 Å². The molecular weight excluding hydrogens is 533 g/mol. The number of imidazole rings is 1. The molecule has 0 saturated carbocycles. The fourth-order valence-corrected chi connectivity index (χ4v) is 3.58. The van der Waals surface area contributed by atoms with Gasteiger partial charge >= 0.3 is 8.25 Å². The lowest BCUT2D eigenvalue weighted by Gasteiger charge is -2.30. The van der Waals surface area contributed by atoms with Crippen LogP contribution in [0.4, 0.5) is 14.7 Å². The highest BCUT2D eigenvalue weighted by Crippen LogP contribution is 2.35. The van der Waals surface area contributed by atoms with Crippen LogP contribution in [0.3, 0.4) is 0 Å². The van der Waals surface area contributed by atoms with Crippen molar-refractivity contribution in [1.29, 1.82) is 5.26 Å². The van der Waals surface area contributed by atoms with E-state index in [4.69, 9.17) is 14.9 Å². The maximum absolute atomic E-state index is 15.0. The number of anilines is 1. The van der Waals surface area contributed by atoms with E-state index in [0.717, 1.165) is 12.4 Å². The summed E-state index contributed by atoms with van der Waals surface area (Å²) in [4.78, 5) is 36.2. The maximum atomic E-state index is 15.0. The molecule has 2 rings (SSSR count). The second kappa shape index (κ2) is 16.3. The van der Waals surface area contributed by atoms with E-state index in [9.17, 15) is 22.9 Å². The smallest absolute Gasteiger partial charge is 0.364 e. The number of carbonyl (C=O) groups excluding carboxylic acids is 2. The zero-order chi connectivity index (χ0) is 30.6. The van der Waals surface area contributed by atoms with Gasteiger partial charge in [-0.3, -0.25) is 9.69 Å². The molecule has 0 fully saturated rings. The Morgan fingerprint density at radius 2 is 1.85 bits per heavy atom. The molecule has 0 aliphatic carbocycles. The van der Waals surface area contributed by atoms with Crippen LogP contribution in [0.25, 0.3) is 11.0 Å². The zero-order valence-corrected chi connectivity index (χ0v) is 25.1. The van der Waals surface area contributed by atoms with Crippen LogP contribution in [0.15, 0.2) is 6.07 Å². The molecule has 0 spiro atoms. The second-order valence-electron chi connectivity index (χ2n) is 10.3. The third-order valence-corrected chi connectivity index (χ3v) is 5.15. The van der Waals surface area contributed by atoms with E-state index in [-0.39, 0.29) is 48.1 Å². The van der Waals surface area contributed by atoms with Crippen molar-refractivity contribution in [2.45, 2.75) is 80.2 Å². The molecule has 1 heterocycles. The number of benzene rings is 1. The number of carbonyl (C=O) groups is 2. The number of aldehydes is 1. The topological polar surface area (TPSA) is 135 Å². The van der Waals surface area contributed by atoms with Crippen LogP contribution in [-0.2, 0) is 29.0 Å². The largest absolute Gasteiger partial charge is 0.694 e. The Labute approximate surface area is 229 Å². The number of nitriles is 1. The number of aromatic nitrogens is 2. The molecule has 1 unspecified atom stereocenters. The number of nitrogens with zero attached hydrogens (tertiary/aromatic N) is 4. The van der Waals surface area contributed by atoms with Crippen LogP contribution in [-0.4, -0.2) is 47.1 Å². The summed E-state index contributed by atoms with van der Waals surface area (Å²) in [5.74, 6) is -1.89. The van der Waals surface area contributed by atoms with Gasteiger partial charge in [0.1, 0.15) is 36.7 Å².